The number of anilines is 1. The molecule has 1 amide bonds. The zero-order chi connectivity index (χ0) is 25.1. The molecule has 0 unspecified atom stereocenters. The molecule has 5 nitrogen and oxygen atoms in total. The number of amides is 1. The summed E-state index contributed by atoms with van der Waals surface area (Å²) in [4.78, 5) is 17.2. The molecule has 0 radical (unpaired) electrons. The Labute approximate surface area is 210 Å². The van der Waals surface area contributed by atoms with Crippen LogP contribution >= 0.6 is 0 Å². The molecule has 0 atom stereocenters. The number of carbonyl (C=O) groups is 1. The molecule has 2 heterocycles. The van der Waals surface area contributed by atoms with Gasteiger partial charge in [0.25, 0.3) is 0 Å². The van der Waals surface area contributed by atoms with Gasteiger partial charge in [0.1, 0.15) is 17.1 Å². The highest BCUT2D eigenvalue weighted by atomic mass is 19.1. The summed E-state index contributed by atoms with van der Waals surface area (Å²) >= 11 is 0. The second-order valence-corrected chi connectivity index (χ2v) is 8.91. The van der Waals surface area contributed by atoms with Crippen molar-refractivity contribution in [2.45, 2.75) is 13.8 Å². The minimum atomic E-state index is -0.246. The monoisotopic (exact) mass is 484 g/mol. The molecule has 4 aromatic rings. The van der Waals surface area contributed by atoms with Crippen LogP contribution < -0.4 is 9.64 Å². The molecular formula is C30H29FN2O3. The molecule has 1 saturated heterocycles. The average Bonchev–Trinajstić information content (AvgIpc) is 3.32. The number of hydrogen-bond acceptors (Lipinski definition) is 4. The van der Waals surface area contributed by atoms with Gasteiger partial charge >= 0.3 is 0 Å². The number of carbonyl (C=O) groups excluding carboxylic acids is 1. The van der Waals surface area contributed by atoms with Crippen LogP contribution in [0.5, 0.6) is 5.75 Å². The SMILES string of the molecule is CCOc1cc2occ(-c3ccccc3)c2cc1/C(C)=C/C(=O)N1CCN(c2ccc(F)cc2)CC1. The number of furan rings is 1. The predicted octanol–water partition coefficient (Wildman–Crippen LogP) is 6.39. The number of piperazine rings is 1. The molecule has 184 valence electrons. The highest BCUT2D eigenvalue weighted by Gasteiger charge is 2.21. The van der Waals surface area contributed by atoms with Crippen LogP contribution in [0.25, 0.3) is 27.7 Å². The first kappa shape index (κ1) is 23.7. The van der Waals surface area contributed by atoms with Crippen LogP contribution in [0, 0.1) is 5.82 Å². The number of benzene rings is 3. The Bertz CT molecular complexity index is 1390. The fourth-order valence-corrected chi connectivity index (χ4v) is 4.67. The number of allylic oxidation sites excluding steroid dienone is 1. The maximum atomic E-state index is 13.2. The normalized spacial score (nSPS) is 14.4. The van der Waals surface area contributed by atoms with E-state index in [1.54, 1.807) is 24.5 Å². The fraction of sp³-hybridized carbons (Fsp3) is 0.233. The van der Waals surface area contributed by atoms with Crippen LogP contribution in [0.4, 0.5) is 10.1 Å². The fourth-order valence-electron chi connectivity index (χ4n) is 4.67. The predicted molar refractivity (Wildman–Crippen MR) is 142 cm³/mol. The molecule has 0 bridgehead atoms. The number of nitrogens with zero attached hydrogens (tertiary/aromatic N) is 2. The molecule has 0 N–H and O–H groups in total. The lowest BCUT2D eigenvalue weighted by Crippen LogP contribution is -2.48. The minimum absolute atomic E-state index is 0.0238. The van der Waals surface area contributed by atoms with Gasteiger partial charge in [-0.3, -0.25) is 4.79 Å². The van der Waals surface area contributed by atoms with Gasteiger partial charge in [-0.1, -0.05) is 30.3 Å². The Morgan fingerprint density at radius 3 is 2.44 bits per heavy atom. The van der Waals surface area contributed by atoms with E-state index in [0.717, 1.165) is 38.9 Å². The van der Waals surface area contributed by atoms with Gasteiger partial charge in [0.15, 0.2) is 0 Å². The van der Waals surface area contributed by atoms with Crippen molar-refractivity contribution < 1.29 is 18.3 Å². The molecule has 0 saturated carbocycles. The number of rotatable bonds is 6. The van der Waals surface area contributed by atoms with Crippen LogP contribution in [0.15, 0.2) is 83.5 Å². The number of fused-ring (bicyclic) bond motifs is 1. The molecule has 0 spiro atoms. The number of halogens is 1. The van der Waals surface area contributed by atoms with Crippen molar-refractivity contribution in [2.75, 3.05) is 37.7 Å². The van der Waals surface area contributed by atoms with Crippen molar-refractivity contribution in [1.29, 1.82) is 0 Å². The van der Waals surface area contributed by atoms with Crippen LogP contribution in [0.1, 0.15) is 19.4 Å². The molecule has 1 aromatic heterocycles. The second-order valence-electron chi connectivity index (χ2n) is 8.91. The van der Waals surface area contributed by atoms with E-state index in [1.807, 2.05) is 43.0 Å². The highest BCUT2D eigenvalue weighted by Crippen LogP contribution is 2.37. The van der Waals surface area contributed by atoms with Crippen LogP contribution in [-0.2, 0) is 4.79 Å². The first-order valence-corrected chi connectivity index (χ1v) is 12.2. The Morgan fingerprint density at radius 1 is 1.03 bits per heavy atom. The lowest BCUT2D eigenvalue weighted by molar-refractivity contribution is -0.126. The number of ether oxygens (including phenoxy) is 1. The number of hydrogen-bond donors (Lipinski definition) is 0. The molecule has 6 heteroatoms. The van der Waals surface area contributed by atoms with Crippen LogP contribution in [-0.4, -0.2) is 43.6 Å². The molecule has 0 aliphatic carbocycles. The van der Waals surface area contributed by atoms with Gasteiger partial charge in [-0.25, -0.2) is 4.39 Å². The summed E-state index contributed by atoms with van der Waals surface area (Å²) < 4.78 is 25.0. The van der Waals surface area contributed by atoms with Gasteiger partial charge in [0, 0.05) is 60.5 Å². The Hall–Kier alpha value is -4.06. The molecule has 1 aliphatic rings. The molecule has 3 aromatic carbocycles. The summed E-state index contributed by atoms with van der Waals surface area (Å²) in [6.45, 7) is 7.02. The first-order chi connectivity index (χ1) is 17.5. The minimum Gasteiger partial charge on any atom is -0.493 e. The van der Waals surface area contributed by atoms with Crippen molar-refractivity contribution >= 4 is 28.1 Å². The molecule has 1 fully saturated rings. The summed E-state index contributed by atoms with van der Waals surface area (Å²) in [6.07, 6.45) is 3.46. The summed E-state index contributed by atoms with van der Waals surface area (Å²) in [6, 6.07) is 20.6. The van der Waals surface area contributed by atoms with Crippen molar-refractivity contribution in [3.8, 4) is 16.9 Å². The maximum absolute atomic E-state index is 13.2. The van der Waals surface area contributed by atoms with E-state index in [1.165, 1.54) is 12.1 Å². The molecular weight excluding hydrogens is 455 g/mol. The van der Waals surface area contributed by atoms with Gasteiger partial charge in [-0.15, -0.1) is 0 Å². The third-order valence-electron chi connectivity index (χ3n) is 6.61. The van der Waals surface area contributed by atoms with Crippen molar-refractivity contribution in [3.63, 3.8) is 0 Å². The third kappa shape index (κ3) is 4.85. The van der Waals surface area contributed by atoms with Gasteiger partial charge < -0.3 is 19.0 Å². The molecule has 36 heavy (non-hydrogen) atoms. The largest absolute Gasteiger partial charge is 0.493 e. The lowest BCUT2D eigenvalue weighted by Gasteiger charge is -2.35. The van der Waals surface area contributed by atoms with Gasteiger partial charge in [0.2, 0.25) is 5.91 Å². The van der Waals surface area contributed by atoms with Crippen LogP contribution in [0.2, 0.25) is 0 Å². The summed E-state index contributed by atoms with van der Waals surface area (Å²) in [5.74, 6) is 0.426. The average molecular weight is 485 g/mol. The summed E-state index contributed by atoms with van der Waals surface area (Å²) in [5.41, 5.74) is 5.51. The van der Waals surface area contributed by atoms with Crippen molar-refractivity contribution in [3.05, 3.63) is 90.4 Å². The van der Waals surface area contributed by atoms with E-state index >= 15 is 0 Å². The molecule has 1 aliphatic heterocycles. The molecule has 5 rings (SSSR count). The Kier molecular flexibility index (Phi) is 6.76. The van der Waals surface area contributed by atoms with E-state index in [9.17, 15) is 9.18 Å². The van der Waals surface area contributed by atoms with E-state index in [2.05, 4.69) is 23.1 Å². The van der Waals surface area contributed by atoms with E-state index < -0.39 is 0 Å². The van der Waals surface area contributed by atoms with E-state index in [-0.39, 0.29) is 11.7 Å². The zero-order valence-corrected chi connectivity index (χ0v) is 20.5. The van der Waals surface area contributed by atoms with Crippen molar-refractivity contribution in [1.82, 2.24) is 4.90 Å². The van der Waals surface area contributed by atoms with Gasteiger partial charge in [0.05, 0.1) is 12.9 Å². The maximum Gasteiger partial charge on any atom is 0.246 e. The quantitative estimate of drug-likeness (QED) is 0.298. The smallest absolute Gasteiger partial charge is 0.246 e. The van der Waals surface area contributed by atoms with E-state index in [4.69, 9.17) is 9.15 Å². The second kappa shape index (κ2) is 10.3. The van der Waals surface area contributed by atoms with Crippen molar-refractivity contribution in [2.24, 2.45) is 0 Å². The lowest BCUT2D eigenvalue weighted by atomic mass is 9.99. The van der Waals surface area contributed by atoms with Crippen LogP contribution in [0.3, 0.4) is 0 Å². The summed E-state index contributed by atoms with van der Waals surface area (Å²) in [5, 5.41) is 0.979. The topological polar surface area (TPSA) is 45.9 Å². The van der Waals surface area contributed by atoms with Gasteiger partial charge in [-0.2, -0.15) is 0 Å². The van der Waals surface area contributed by atoms with Gasteiger partial charge in [-0.05, 0) is 55.3 Å². The Morgan fingerprint density at radius 2 is 1.75 bits per heavy atom. The van der Waals surface area contributed by atoms with E-state index in [0.29, 0.717) is 38.5 Å². The standard InChI is InChI=1S/C30H29FN2O3/c1-3-35-28-19-29-26(27(20-36-29)22-7-5-4-6-8-22)18-25(28)21(2)17-30(34)33-15-13-32(14-16-33)24-11-9-23(31)10-12-24/h4-12,17-20H,3,13-16H2,1-2H3/b21-17+. The first-order valence-electron chi connectivity index (χ1n) is 12.2. The third-order valence-corrected chi connectivity index (χ3v) is 6.61. The zero-order valence-electron chi connectivity index (χ0n) is 20.5. The highest BCUT2D eigenvalue weighted by molar-refractivity contribution is 6.00. The summed E-state index contributed by atoms with van der Waals surface area (Å²) in [7, 11) is 0. The Balaban J connectivity index is 1.38.